The summed E-state index contributed by atoms with van der Waals surface area (Å²) in [6.45, 7) is 0. The topological polar surface area (TPSA) is 69.7 Å². The van der Waals surface area contributed by atoms with Crippen LogP contribution in [0.5, 0.6) is 0 Å². The Kier molecular flexibility index (Phi) is 2.62. The van der Waals surface area contributed by atoms with Gasteiger partial charge < -0.3 is 9.47 Å². The first-order chi connectivity index (χ1) is 9.10. The van der Waals surface area contributed by atoms with Gasteiger partial charge in [-0.1, -0.05) is 6.07 Å². The third-order valence-electron chi connectivity index (χ3n) is 3.80. The van der Waals surface area contributed by atoms with E-state index in [0.717, 1.165) is 11.1 Å². The van der Waals surface area contributed by atoms with Crippen LogP contribution in [0.4, 0.5) is 0 Å². The van der Waals surface area contributed by atoms with Crippen LogP contribution in [0.1, 0.15) is 21.5 Å². The maximum Gasteiger partial charge on any atom is 0.337 e. The summed E-state index contributed by atoms with van der Waals surface area (Å²) in [7, 11) is 1.32. The maximum absolute atomic E-state index is 11.6. The van der Waals surface area contributed by atoms with E-state index in [1.807, 2.05) is 6.07 Å². The molecule has 0 bridgehead atoms. The van der Waals surface area contributed by atoms with Crippen molar-refractivity contribution in [2.75, 3.05) is 7.11 Å². The van der Waals surface area contributed by atoms with Crippen LogP contribution in [0.3, 0.4) is 0 Å². The van der Waals surface area contributed by atoms with E-state index >= 15 is 0 Å². The van der Waals surface area contributed by atoms with Crippen molar-refractivity contribution < 1.29 is 23.9 Å². The number of methoxy groups -OCH3 is 1. The van der Waals surface area contributed by atoms with Gasteiger partial charge in [-0.15, -0.1) is 0 Å². The lowest BCUT2D eigenvalue weighted by molar-refractivity contribution is -0.153. The van der Waals surface area contributed by atoms with Gasteiger partial charge in [0.05, 0.1) is 24.5 Å². The predicted octanol–water partition coefficient (Wildman–Crippen LogP) is 0.888. The molecule has 2 atom stereocenters. The van der Waals surface area contributed by atoms with E-state index in [0.29, 0.717) is 18.4 Å². The van der Waals surface area contributed by atoms with Crippen molar-refractivity contribution in [3.05, 3.63) is 34.9 Å². The second-order valence-corrected chi connectivity index (χ2v) is 4.84. The van der Waals surface area contributed by atoms with Gasteiger partial charge in [-0.25, -0.2) is 4.79 Å². The first-order valence-corrected chi connectivity index (χ1v) is 6.06. The monoisotopic (exact) mass is 260 g/mol. The standard InChI is InChI=1S/C14H12O5/c1-18-12(15)8-3-2-7-5-10-11(6-9(7)4-8)14(17)19-13(10)16/h2-4,10-11H,5-6H2,1H3. The van der Waals surface area contributed by atoms with Crippen LogP contribution >= 0.6 is 0 Å². The fourth-order valence-electron chi connectivity index (χ4n) is 2.76. The van der Waals surface area contributed by atoms with Crippen molar-refractivity contribution in [3.8, 4) is 0 Å². The first kappa shape index (κ1) is 11.9. The molecule has 1 aliphatic heterocycles. The average Bonchev–Trinajstić information content (AvgIpc) is 2.70. The van der Waals surface area contributed by atoms with Crippen LogP contribution in [0, 0.1) is 11.8 Å². The summed E-state index contributed by atoms with van der Waals surface area (Å²) >= 11 is 0. The Labute approximate surface area is 109 Å². The van der Waals surface area contributed by atoms with Crippen LogP contribution in [0.15, 0.2) is 18.2 Å². The summed E-state index contributed by atoms with van der Waals surface area (Å²) in [6, 6.07) is 5.22. The minimum atomic E-state index is -0.455. The van der Waals surface area contributed by atoms with Crippen LogP contribution in [0.25, 0.3) is 0 Å². The van der Waals surface area contributed by atoms with Gasteiger partial charge in [0.1, 0.15) is 0 Å². The maximum atomic E-state index is 11.6. The molecule has 5 heteroatoms. The molecular formula is C14H12O5. The van der Waals surface area contributed by atoms with Gasteiger partial charge >= 0.3 is 17.9 Å². The number of cyclic esters (lactones) is 2. The summed E-state index contributed by atoms with van der Waals surface area (Å²) in [4.78, 5) is 34.6. The molecule has 1 heterocycles. The normalized spacial score (nSPS) is 24.5. The fraction of sp³-hybridized carbons (Fsp3) is 0.357. The van der Waals surface area contributed by atoms with E-state index in [-0.39, 0.29) is 5.92 Å². The molecule has 0 amide bonds. The van der Waals surface area contributed by atoms with Gasteiger partial charge in [-0.2, -0.15) is 0 Å². The van der Waals surface area contributed by atoms with Crippen LogP contribution < -0.4 is 0 Å². The number of ether oxygens (including phenoxy) is 2. The number of carbonyl (C=O) groups is 3. The minimum Gasteiger partial charge on any atom is -0.465 e. The van der Waals surface area contributed by atoms with E-state index in [2.05, 4.69) is 9.47 Å². The summed E-state index contributed by atoms with van der Waals surface area (Å²) in [6.07, 6.45) is 0.932. The second-order valence-electron chi connectivity index (χ2n) is 4.84. The molecule has 2 unspecified atom stereocenters. The Morgan fingerprint density at radius 2 is 1.79 bits per heavy atom. The van der Waals surface area contributed by atoms with E-state index in [1.54, 1.807) is 12.1 Å². The highest BCUT2D eigenvalue weighted by atomic mass is 16.6. The number of fused-ring (bicyclic) bond motifs is 2. The SMILES string of the molecule is COC(=O)c1ccc2c(c1)CC1C(=O)OC(=O)C1C2. The second kappa shape index (κ2) is 4.19. The predicted molar refractivity (Wildman–Crippen MR) is 63.3 cm³/mol. The number of esters is 3. The zero-order valence-corrected chi connectivity index (χ0v) is 10.3. The van der Waals surface area contributed by atoms with Crippen LogP contribution in [0.2, 0.25) is 0 Å². The number of benzene rings is 1. The van der Waals surface area contributed by atoms with E-state index in [9.17, 15) is 14.4 Å². The molecule has 0 aromatic heterocycles. The van der Waals surface area contributed by atoms with Crippen LogP contribution in [-0.4, -0.2) is 25.0 Å². The first-order valence-electron chi connectivity index (χ1n) is 6.06. The Hall–Kier alpha value is -2.17. The molecule has 5 nitrogen and oxygen atoms in total. The van der Waals surface area contributed by atoms with Crippen molar-refractivity contribution in [3.63, 3.8) is 0 Å². The molecule has 98 valence electrons. The average molecular weight is 260 g/mol. The molecule has 0 N–H and O–H groups in total. The van der Waals surface area contributed by atoms with Gasteiger partial charge in [0.15, 0.2) is 0 Å². The van der Waals surface area contributed by atoms with E-state index < -0.39 is 23.8 Å². The molecule has 1 saturated heterocycles. The third kappa shape index (κ3) is 1.82. The van der Waals surface area contributed by atoms with Crippen molar-refractivity contribution >= 4 is 17.9 Å². The van der Waals surface area contributed by atoms with E-state index in [4.69, 9.17) is 0 Å². The molecule has 0 saturated carbocycles. The number of hydrogen-bond acceptors (Lipinski definition) is 5. The van der Waals surface area contributed by atoms with Gasteiger partial charge in [0.2, 0.25) is 0 Å². The lowest BCUT2D eigenvalue weighted by Crippen LogP contribution is -2.27. The Morgan fingerprint density at radius 3 is 2.42 bits per heavy atom. The highest BCUT2D eigenvalue weighted by Crippen LogP contribution is 2.36. The molecular weight excluding hydrogens is 248 g/mol. The van der Waals surface area contributed by atoms with Gasteiger partial charge in [-0.3, -0.25) is 9.59 Å². The number of hydrogen-bond donors (Lipinski definition) is 0. The largest absolute Gasteiger partial charge is 0.465 e. The Bertz CT molecular complexity index is 589. The van der Waals surface area contributed by atoms with Gasteiger partial charge in [0, 0.05) is 0 Å². The van der Waals surface area contributed by atoms with Crippen molar-refractivity contribution in [2.45, 2.75) is 12.8 Å². The molecule has 3 rings (SSSR count). The molecule has 0 spiro atoms. The highest BCUT2D eigenvalue weighted by molar-refractivity contribution is 5.97. The molecule has 2 aliphatic rings. The Balaban J connectivity index is 1.96. The zero-order chi connectivity index (χ0) is 13.6. The van der Waals surface area contributed by atoms with E-state index in [1.165, 1.54) is 7.11 Å². The van der Waals surface area contributed by atoms with Crippen molar-refractivity contribution in [1.82, 2.24) is 0 Å². The third-order valence-corrected chi connectivity index (χ3v) is 3.80. The molecule has 1 aromatic rings. The van der Waals surface area contributed by atoms with Gasteiger partial charge in [0.25, 0.3) is 0 Å². The zero-order valence-electron chi connectivity index (χ0n) is 10.3. The summed E-state index contributed by atoms with van der Waals surface area (Å²) < 4.78 is 9.34. The summed E-state index contributed by atoms with van der Waals surface area (Å²) in [5.41, 5.74) is 2.36. The number of rotatable bonds is 1. The molecule has 19 heavy (non-hydrogen) atoms. The molecule has 1 fully saturated rings. The minimum absolute atomic E-state index is 0.371. The smallest absolute Gasteiger partial charge is 0.337 e. The highest BCUT2D eigenvalue weighted by Gasteiger charge is 2.46. The van der Waals surface area contributed by atoms with Crippen molar-refractivity contribution in [1.29, 1.82) is 0 Å². The fourth-order valence-corrected chi connectivity index (χ4v) is 2.76. The van der Waals surface area contributed by atoms with Crippen LogP contribution in [-0.2, 0) is 31.9 Å². The number of carbonyl (C=O) groups excluding carboxylic acids is 3. The summed E-state index contributed by atoms with van der Waals surface area (Å²) in [5, 5.41) is 0. The molecule has 1 aliphatic carbocycles. The Morgan fingerprint density at radius 1 is 1.16 bits per heavy atom. The molecule has 0 radical (unpaired) electrons. The lowest BCUT2D eigenvalue weighted by Gasteiger charge is -2.23. The summed E-state index contributed by atoms with van der Waals surface area (Å²) in [5.74, 6) is -2.08. The quantitative estimate of drug-likeness (QED) is 0.554. The lowest BCUT2D eigenvalue weighted by atomic mass is 9.77. The van der Waals surface area contributed by atoms with Crippen molar-refractivity contribution in [2.24, 2.45) is 11.8 Å². The molecule has 1 aromatic carbocycles. The van der Waals surface area contributed by atoms with Gasteiger partial charge in [-0.05, 0) is 36.1 Å².